The lowest BCUT2D eigenvalue weighted by atomic mass is 10.0. The van der Waals surface area contributed by atoms with Crippen LogP contribution in [0.2, 0.25) is 0 Å². The fourth-order valence-electron chi connectivity index (χ4n) is 5.57. The number of amides is 1. The molecule has 1 aromatic carbocycles. The number of nitrogens with zero attached hydrogens (tertiary/aromatic N) is 4. The topological polar surface area (TPSA) is 48.8 Å². The predicted octanol–water partition coefficient (Wildman–Crippen LogP) is 4.31. The van der Waals surface area contributed by atoms with E-state index in [1.54, 1.807) is 4.90 Å². The quantitative estimate of drug-likeness (QED) is 0.454. The van der Waals surface area contributed by atoms with Crippen LogP contribution in [0, 0.1) is 0 Å². The van der Waals surface area contributed by atoms with E-state index in [4.69, 9.17) is 12.2 Å². The minimum absolute atomic E-state index is 0.0414. The molecule has 2 aromatic rings. The zero-order valence-corrected chi connectivity index (χ0v) is 21.6. The number of aryl methyl sites for hydroxylation is 1. The van der Waals surface area contributed by atoms with Gasteiger partial charge < -0.3 is 14.4 Å². The summed E-state index contributed by atoms with van der Waals surface area (Å²) in [4.78, 5) is 34.4. The van der Waals surface area contributed by atoms with E-state index in [9.17, 15) is 9.59 Å². The van der Waals surface area contributed by atoms with Gasteiger partial charge in [-0.1, -0.05) is 61.9 Å². The Morgan fingerprint density at radius 1 is 1.03 bits per heavy atom. The second kappa shape index (κ2) is 9.84. The number of para-hydroxylation sites is 1. The third-order valence-corrected chi connectivity index (χ3v) is 8.75. The maximum absolute atomic E-state index is 13.8. The molecule has 2 saturated heterocycles. The van der Waals surface area contributed by atoms with E-state index < -0.39 is 0 Å². The molecule has 0 radical (unpaired) electrons. The Bertz CT molecular complexity index is 1210. The van der Waals surface area contributed by atoms with Crippen LogP contribution in [0.25, 0.3) is 17.0 Å². The zero-order chi connectivity index (χ0) is 23.8. The van der Waals surface area contributed by atoms with Crippen molar-refractivity contribution in [1.82, 2.24) is 14.4 Å². The molecule has 0 atom stereocenters. The molecule has 0 bridgehead atoms. The number of thiocarbonyl (C=S) groups is 1. The molecular formula is C26H32N4O2S2. The van der Waals surface area contributed by atoms with E-state index in [2.05, 4.69) is 22.8 Å². The number of fused-ring (bicyclic) bond motifs is 1. The molecule has 2 aliphatic heterocycles. The Hall–Kier alpha value is -2.16. The molecule has 0 spiro atoms. The molecule has 34 heavy (non-hydrogen) atoms. The number of aromatic nitrogens is 1. The van der Waals surface area contributed by atoms with Crippen molar-refractivity contribution in [3.8, 4) is 0 Å². The molecule has 1 aliphatic carbocycles. The number of pyridine rings is 1. The molecule has 180 valence electrons. The van der Waals surface area contributed by atoms with Crippen LogP contribution in [0.4, 0.5) is 5.69 Å². The standard InChI is InChI=1S/C26H32N4O2S2/c1-3-27-13-15-28(16-14-27)23-19-11-7-8-12-21(19)29(4-2)24(31)20(23)17-22-25(32)30(26(33)34-22)18-9-5-6-10-18/h7-8,11-12,17-18H,3-6,9-10,13-16H2,1-2H3. The summed E-state index contributed by atoms with van der Waals surface area (Å²) in [5.41, 5.74) is 2.46. The first-order valence-corrected chi connectivity index (χ1v) is 13.7. The fraction of sp³-hybridized carbons (Fsp3) is 0.500. The molecule has 5 rings (SSSR count). The molecule has 8 heteroatoms. The number of anilines is 1. The lowest BCUT2D eigenvalue weighted by Crippen LogP contribution is -2.47. The highest BCUT2D eigenvalue weighted by Crippen LogP contribution is 2.39. The van der Waals surface area contributed by atoms with Gasteiger partial charge >= 0.3 is 0 Å². The van der Waals surface area contributed by atoms with Crippen LogP contribution in [-0.2, 0) is 11.3 Å². The van der Waals surface area contributed by atoms with Crippen molar-refractivity contribution in [3.63, 3.8) is 0 Å². The highest BCUT2D eigenvalue weighted by Gasteiger charge is 2.38. The monoisotopic (exact) mass is 496 g/mol. The Morgan fingerprint density at radius 2 is 1.74 bits per heavy atom. The van der Waals surface area contributed by atoms with E-state index >= 15 is 0 Å². The average Bonchev–Trinajstić information content (AvgIpc) is 3.47. The van der Waals surface area contributed by atoms with Gasteiger partial charge in [0.25, 0.3) is 11.5 Å². The molecule has 1 aromatic heterocycles. The van der Waals surface area contributed by atoms with Gasteiger partial charge in [0.1, 0.15) is 4.32 Å². The molecule has 0 N–H and O–H groups in total. The number of hydrogen-bond acceptors (Lipinski definition) is 6. The molecule has 3 heterocycles. The molecule has 0 unspecified atom stereocenters. The van der Waals surface area contributed by atoms with Crippen LogP contribution in [0.1, 0.15) is 45.1 Å². The second-order valence-corrected chi connectivity index (χ2v) is 10.9. The van der Waals surface area contributed by atoms with Gasteiger partial charge in [0.05, 0.1) is 21.7 Å². The van der Waals surface area contributed by atoms with Gasteiger partial charge in [-0.2, -0.15) is 0 Å². The van der Waals surface area contributed by atoms with Crippen LogP contribution in [-0.4, -0.2) is 63.4 Å². The number of carbonyl (C=O) groups is 1. The highest BCUT2D eigenvalue weighted by molar-refractivity contribution is 8.26. The molecule has 3 fully saturated rings. The number of benzene rings is 1. The maximum Gasteiger partial charge on any atom is 0.266 e. The van der Waals surface area contributed by atoms with Crippen molar-refractivity contribution in [2.75, 3.05) is 37.6 Å². The molecular weight excluding hydrogens is 464 g/mol. The van der Waals surface area contributed by atoms with E-state index in [1.807, 2.05) is 35.8 Å². The smallest absolute Gasteiger partial charge is 0.266 e. The van der Waals surface area contributed by atoms with Crippen molar-refractivity contribution >= 4 is 56.9 Å². The van der Waals surface area contributed by atoms with E-state index in [1.165, 1.54) is 11.8 Å². The van der Waals surface area contributed by atoms with Crippen LogP contribution >= 0.6 is 24.0 Å². The lowest BCUT2D eigenvalue weighted by molar-refractivity contribution is -0.123. The van der Waals surface area contributed by atoms with Gasteiger partial charge in [-0.3, -0.25) is 14.5 Å². The summed E-state index contributed by atoms with van der Waals surface area (Å²) < 4.78 is 2.45. The van der Waals surface area contributed by atoms with Gasteiger partial charge in [-0.25, -0.2) is 0 Å². The average molecular weight is 497 g/mol. The number of thioether (sulfide) groups is 1. The van der Waals surface area contributed by atoms with Crippen molar-refractivity contribution in [1.29, 1.82) is 0 Å². The van der Waals surface area contributed by atoms with Crippen LogP contribution < -0.4 is 10.5 Å². The number of piperazine rings is 1. The van der Waals surface area contributed by atoms with E-state index in [0.717, 1.165) is 75.0 Å². The first-order chi connectivity index (χ1) is 16.5. The maximum atomic E-state index is 13.8. The van der Waals surface area contributed by atoms with E-state index in [0.29, 0.717) is 21.3 Å². The summed E-state index contributed by atoms with van der Waals surface area (Å²) in [6.07, 6.45) is 6.12. The molecule has 6 nitrogen and oxygen atoms in total. The minimum Gasteiger partial charge on any atom is -0.368 e. The normalized spacial score (nSPS) is 21.5. The van der Waals surface area contributed by atoms with Gasteiger partial charge in [-0.05, 0) is 38.5 Å². The number of carbonyl (C=O) groups excluding carboxylic acids is 1. The second-order valence-electron chi connectivity index (χ2n) is 9.24. The van der Waals surface area contributed by atoms with Gasteiger partial charge in [0, 0.05) is 44.2 Å². The highest BCUT2D eigenvalue weighted by atomic mass is 32.2. The van der Waals surface area contributed by atoms with Crippen molar-refractivity contribution in [2.24, 2.45) is 0 Å². The van der Waals surface area contributed by atoms with Crippen molar-refractivity contribution in [3.05, 3.63) is 45.1 Å². The lowest BCUT2D eigenvalue weighted by Gasteiger charge is -2.37. The van der Waals surface area contributed by atoms with Crippen LogP contribution in [0.5, 0.6) is 0 Å². The van der Waals surface area contributed by atoms with Crippen LogP contribution in [0.3, 0.4) is 0 Å². The molecule has 1 amide bonds. The summed E-state index contributed by atoms with van der Waals surface area (Å²) in [6, 6.07) is 8.34. The van der Waals surface area contributed by atoms with Crippen molar-refractivity contribution in [2.45, 2.75) is 52.1 Å². The summed E-state index contributed by atoms with van der Waals surface area (Å²) in [7, 11) is 0. The Kier molecular flexibility index (Phi) is 6.82. The Balaban J connectivity index is 1.64. The Morgan fingerprint density at radius 3 is 2.41 bits per heavy atom. The first-order valence-electron chi connectivity index (χ1n) is 12.4. The van der Waals surface area contributed by atoms with Gasteiger partial charge in [0.2, 0.25) is 0 Å². The number of hydrogen-bond donors (Lipinski definition) is 0. The number of likely N-dealkylation sites (N-methyl/N-ethyl adjacent to an activating group) is 1. The van der Waals surface area contributed by atoms with E-state index in [-0.39, 0.29) is 17.5 Å². The largest absolute Gasteiger partial charge is 0.368 e. The Labute approximate surface area is 210 Å². The predicted molar refractivity (Wildman–Crippen MR) is 145 cm³/mol. The minimum atomic E-state index is -0.0424. The summed E-state index contributed by atoms with van der Waals surface area (Å²) in [5.74, 6) is -0.0424. The van der Waals surface area contributed by atoms with Gasteiger partial charge in [0.15, 0.2) is 0 Å². The zero-order valence-electron chi connectivity index (χ0n) is 20.0. The van der Waals surface area contributed by atoms with Crippen molar-refractivity contribution < 1.29 is 4.79 Å². The third kappa shape index (κ3) is 4.10. The fourth-order valence-corrected chi connectivity index (χ4v) is 6.95. The summed E-state index contributed by atoms with van der Waals surface area (Å²) in [5, 5.41) is 1.06. The molecule has 3 aliphatic rings. The summed E-state index contributed by atoms with van der Waals surface area (Å²) in [6.45, 7) is 9.43. The summed E-state index contributed by atoms with van der Waals surface area (Å²) >= 11 is 6.96. The van der Waals surface area contributed by atoms with Gasteiger partial charge in [-0.15, -0.1) is 0 Å². The van der Waals surface area contributed by atoms with Crippen LogP contribution in [0.15, 0.2) is 34.0 Å². The number of rotatable bonds is 5. The molecule has 1 saturated carbocycles. The third-order valence-electron chi connectivity index (χ3n) is 7.42. The first kappa shape index (κ1) is 23.6. The SMILES string of the molecule is CCN1CCN(c2c(C=C3SC(=S)N(C4CCCC4)C3=O)c(=O)n(CC)c3ccccc23)CC1.